The summed E-state index contributed by atoms with van der Waals surface area (Å²) in [6, 6.07) is 10.1. The minimum absolute atomic E-state index is 0.0337. The minimum Gasteiger partial charge on any atom is -0.455 e. The van der Waals surface area contributed by atoms with Gasteiger partial charge < -0.3 is 10.5 Å². The topological polar surface area (TPSA) is 48.1 Å². The lowest BCUT2D eigenvalue weighted by atomic mass is 9.85. The molecule has 0 aliphatic carbocycles. The Kier molecular flexibility index (Phi) is 4.09. The lowest BCUT2D eigenvalue weighted by molar-refractivity contribution is 0.453. The van der Waals surface area contributed by atoms with Crippen LogP contribution >= 0.6 is 0 Å². The third-order valence-electron chi connectivity index (χ3n) is 3.18. The van der Waals surface area contributed by atoms with Gasteiger partial charge in [-0.2, -0.15) is 0 Å². The number of nitrogens with zero attached hydrogens (tertiary/aromatic N) is 1. The van der Waals surface area contributed by atoms with Crippen LogP contribution in [-0.2, 0) is 12.0 Å². The highest BCUT2D eigenvalue weighted by atomic mass is 16.5. The van der Waals surface area contributed by atoms with E-state index in [0.29, 0.717) is 6.54 Å². The third kappa shape index (κ3) is 3.36. The fourth-order valence-electron chi connectivity index (χ4n) is 2.04. The normalized spacial score (nSPS) is 11.4. The molecule has 1 aromatic heterocycles. The van der Waals surface area contributed by atoms with Gasteiger partial charge in [-0.05, 0) is 30.5 Å². The Hall–Kier alpha value is -1.87. The van der Waals surface area contributed by atoms with E-state index in [1.54, 1.807) is 6.20 Å². The van der Waals surface area contributed by atoms with Gasteiger partial charge in [-0.1, -0.05) is 38.5 Å². The van der Waals surface area contributed by atoms with E-state index < -0.39 is 0 Å². The van der Waals surface area contributed by atoms with E-state index in [1.807, 2.05) is 18.2 Å². The van der Waals surface area contributed by atoms with Crippen molar-refractivity contribution in [3.8, 4) is 11.5 Å². The van der Waals surface area contributed by atoms with Crippen molar-refractivity contribution in [2.24, 2.45) is 5.73 Å². The fraction of sp³-hybridized carbons (Fsp3) is 0.353. The van der Waals surface area contributed by atoms with Gasteiger partial charge in [0.1, 0.15) is 11.5 Å². The van der Waals surface area contributed by atoms with Crippen molar-refractivity contribution in [1.29, 1.82) is 0 Å². The van der Waals surface area contributed by atoms with Crippen molar-refractivity contribution in [3.05, 3.63) is 53.3 Å². The van der Waals surface area contributed by atoms with Crippen LogP contribution in [-0.4, -0.2) is 4.98 Å². The number of rotatable bonds is 3. The number of hydrogen-bond acceptors (Lipinski definition) is 3. The molecule has 0 aliphatic rings. The number of pyridine rings is 1. The van der Waals surface area contributed by atoms with Crippen LogP contribution < -0.4 is 10.5 Å². The maximum Gasteiger partial charge on any atom is 0.145 e. The van der Waals surface area contributed by atoms with Crippen molar-refractivity contribution in [1.82, 2.24) is 4.98 Å². The minimum atomic E-state index is 0.0337. The first-order valence-electron chi connectivity index (χ1n) is 6.84. The Morgan fingerprint density at radius 2 is 1.90 bits per heavy atom. The smallest absolute Gasteiger partial charge is 0.145 e. The predicted molar refractivity (Wildman–Crippen MR) is 82.1 cm³/mol. The first-order chi connectivity index (χ1) is 9.40. The molecule has 0 radical (unpaired) electrons. The highest BCUT2D eigenvalue weighted by Gasteiger charge is 2.19. The average Bonchev–Trinajstić information content (AvgIpc) is 2.40. The molecule has 3 nitrogen and oxygen atoms in total. The molecule has 106 valence electrons. The summed E-state index contributed by atoms with van der Waals surface area (Å²) in [6.45, 7) is 9.09. The monoisotopic (exact) mass is 270 g/mol. The molecule has 3 heteroatoms. The Balaban J connectivity index is 2.32. The second kappa shape index (κ2) is 5.63. The van der Waals surface area contributed by atoms with Crippen LogP contribution in [0.4, 0.5) is 0 Å². The second-order valence-electron chi connectivity index (χ2n) is 6.04. The number of aromatic nitrogens is 1. The van der Waals surface area contributed by atoms with Crippen LogP contribution in [0, 0.1) is 6.92 Å². The van der Waals surface area contributed by atoms with E-state index in [-0.39, 0.29) is 5.41 Å². The first-order valence-corrected chi connectivity index (χ1v) is 6.84. The van der Waals surface area contributed by atoms with E-state index in [9.17, 15) is 0 Å². The third-order valence-corrected chi connectivity index (χ3v) is 3.18. The summed E-state index contributed by atoms with van der Waals surface area (Å²) in [5.41, 5.74) is 8.87. The van der Waals surface area contributed by atoms with Crippen molar-refractivity contribution in [2.75, 3.05) is 0 Å². The summed E-state index contributed by atoms with van der Waals surface area (Å²) < 4.78 is 5.99. The molecule has 0 amide bonds. The van der Waals surface area contributed by atoms with E-state index in [0.717, 1.165) is 17.2 Å². The first kappa shape index (κ1) is 14.5. The van der Waals surface area contributed by atoms with E-state index in [1.165, 1.54) is 11.1 Å². The molecule has 1 aromatic carbocycles. The van der Waals surface area contributed by atoms with Crippen molar-refractivity contribution < 1.29 is 4.74 Å². The SMILES string of the molecule is Cc1ccc(Oc2ccc(CN)nc2)c(C(C)(C)C)c1. The van der Waals surface area contributed by atoms with Crippen LogP contribution in [0.5, 0.6) is 11.5 Å². The zero-order chi connectivity index (χ0) is 14.8. The quantitative estimate of drug-likeness (QED) is 0.919. The number of ether oxygens (including phenoxy) is 1. The molecule has 0 saturated heterocycles. The number of aryl methyl sites for hydroxylation is 1. The maximum atomic E-state index is 5.99. The molecule has 1 heterocycles. The van der Waals surface area contributed by atoms with E-state index in [2.05, 4.69) is 44.8 Å². The standard InChI is InChI=1S/C17H22N2O/c1-12-5-8-16(15(9-12)17(2,3)4)20-14-7-6-13(10-18)19-11-14/h5-9,11H,10,18H2,1-4H3. The fourth-order valence-corrected chi connectivity index (χ4v) is 2.04. The van der Waals surface area contributed by atoms with Crippen LogP contribution in [0.15, 0.2) is 36.5 Å². The molecule has 20 heavy (non-hydrogen) atoms. The van der Waals surface area contributed by atoms with Gasteiger partial charge in [0.05, 0.1) is 11.9 Å². The van der Waals surface area contributed by atoms with Gasteiger partial charge in [0.15, 0.2) is 0 Å². The molecular formula is C17H22N2O. The number of nitrogens with two attached hydrogens (primary N) is 1. The molecule has 0 aliphatic heterocycles. The lowest BCUT2D eigenvalue weighted by Crippen LogP contribution is -2.12. The predicted octanol–water partition coefficient (Wildman–Crippen LogP) is 3.94. The van der Waals surface area contributed by atoms with Crippen molar-refractivity contribution >= 4 is 0 Å². The van der Waals surface area contributed by atoms with Crippen LogP contribution in [0.2, 0.25) is 0 Å². The van der Waals surface area contributed by atoms with Gasteiger partial charge in [-0.25, -0.2) is 0 Å². The highest BCUT2D eigenvalue weighted by Crippen LogP contribution is 2.34. The van der Waals surface area contributed by atoms with Crippen molar-refractivity contribution in [2.45, 2.75) is 39.7 Å². The molecule has 0 saturated carbocycles. The largest absolute Gasteiger partial charge is 0.455 e. The second-order valence-corrected chi connectivity index (χ2v) is 6.04. The van der Waals surface area contributed by atoms with E-state index >= 15 is 0 Å². The molecular weight excluding hydrogens is 248 g/mol. The average molecular weight is 270 g/mol. The summed E-state index contributed by atoms with van der Waals surface area (Å²) in [5.74, 6) is 1.61. The number of benzene rings is 1. The zero-order valence-corrected chi connectivity index (χ0v) is 12.6. The van der Waals surface area contributed by atoms with Gasteiger partial charge >= 0.3 is 0 Å². The Labute approximate surface area is 120 Å². The summed E-state index contributed by atoms with van der Waals surface area (Å²) in [6.07, 6.45) is 1.72. The molecule has 0 spiro atoms. The molecule has 2 N–H and O–H groups in total. The Morgan fingerprint density at radius 3 is 2.45 bits per heavy atom. The molecule has 2 aromatic rings. The summed E-state index contributed by atoms with van der Waals surface area (Å²) in [4.78, 5) is 4.25. The van der Waals surface area contributed by atoms with Gasteiger partial charge in [0.2, 0.25) is 0 Å². The Bertz CT molecular complexity index is 583. The molecule has 0 atom stereocenters. The van der Waals surface area contributed by atoms with Crippen LogP contribution in [0.3, 0.4) is 0 Å². The molecule has 2 rings (SSSR count). The summed E-state index contributed by atoms with van der Waals surface area (Å²) >= 11 is 0. The summed E-state index contributed by atoms with van der Waals surface area (Å²) in [7, 11) is 0. The van der Waals surface area contributed by atoms with Crippen molar-refractivity contribution in [3.63, 3.8) is 0 Å². The highest BCUT2D eigenvalue weighted by molar-refractivity contribution is 5.43. The molecule has 0 unspecified atom stereocenters. The lowest BCUT2D eigenvalue weighted by Gasteiger charge is -2.23. The maximum absolute atomic E-state index is 5.99. The summed E-state index contributed by atoms with van der Waals surface area (Å²) in [5, 5.41) is 0. The Morgan fingerprint density at radius 1 is 1.15 bits per heavy atom. The molecule has 0 fully saturated rings. The number of hydrogen-bond donors (Lipinski definition) is 1. The van der Waals surface area contributed by atoms with Gasteiger partial charge in [0.25, 0.3) is 0 Å². The van der Waals surface area contributed by atoms with Gasteiger partial charge in [-0.3, -0.25) is 4.98 Å². The molecule has 0 bridgehead atoms. The van der Waals surface area contributed by atoms with Gasteiger partial charge in [-0.15, -0.1) is 0 Å². The van der Waals surface area contributed by atoms with E-state index in [4.69, 9.17) is 10.5 Å². The van der Waals surface area contributed by atoms with Crippen LogP contribution in [0.1, 0.15) is 37.6 Å². The van der Waals surface area contributed by atoms with Crippen LogP contribution in [0.25, 0.3) is 0 Å². The van der Waals surface area contributed by atoms with Gasteiger partial charge in [0, 0.05) is 12.1 Å². The zero-order valence-electron chi connectivity index (χ0n) is 12.6.